The number of hydrogen-bond acceptors (Lipinski definition) is 3. The van der Waals surface area contributed by atoms with E-state index >= 15 is 0 Å². The van der Waals surface area contributed by atoms with Crippen molar-refractivity contribution in [3.8, 4) is 11.5 Å². The van der Waals surface area contributed by atoms with Crippen LogP contribution in [-0.2, 0) is 11.4 Å². The van der Waals surface area contributed by atoms with E-state index in [1.165, 1.54) is 6.08 Å². The Bertz CT molecular complexity index is 684. The molecular weight excluding hydrogens is 346 g/mol. The quantitative estimate of drug-likeness (QED) is 0.800. The van der Waals surface area contributed by atoms with Crippen molar-refractivity contribution >= 4 is 27.9 Å². The van der Waals surface area contributed by atoms with Crippen LogP contribution in [0.4, 0.5) is 0 Å². The molecule has 2 aromatic carbocycles. The lowest BCUT2D eigenvalue weighted by molar-refractivity contribution is -0.113. The molecule has 0 atom stereocenters. The number of ether oxygens (including phenoxy) is 2. The lowest BCUT2D eigenvalue weighted by Gasteiger charge is -2.13. The first-order valence-corrected chi connectivity index (χ1v) is 7.41. The Balaban J connectivity index is 2.21. The summed E-state index contributed by atoms with van der Waals surface area (Å²) in [6, 6.07) is 13.5. The third kappa shape index (κ3) is 4.36. The van der Waals surface area contributed by atoms with Crippen molar-refractivity contribution in [2.24, 2.45) is 5.73 Å². The Morgan fingerprint density at radius 2 is 1.95 bits per heavy atom. The molecule has 0 aliphatic heterocycles. The summed E-state index contributed by atoms with van der Waals surface area (Å²) in [4.78, 5) is 10.8. The summed E-state index contributed by atoms with van der Waals surface area (Å²) < 4.78 is 11.9. The van der Waals surface area contributed by atoms with Crippen LogP contribution in [0.15, 0.2) is 53.0 Å². The number of benzene rings is 2. The molecule has 0 bridgehead atoms. The number of rotatable bonds is 6. The Kier molecular flexibility index (Phi) is 5.61. The molecule has 0 saturated carbocycles. The minimum Gasteiger partial charge on any atom is -0.493 e. The van der Waals surface area contributed by atoms with E-state index in [9.17, 15) is 4.79 Å². The van der Waals surface area contributed by atoms with Gasteiger partial charge in [-0.2, -0.15) is 0 Å². The normalized spacial score (nSPS) is 10.6. The highest BCUT2D eigenvalue weighted by Crippen LogP contribution is 2.34. The number of primary amides is 1. The number of nitrogens with two attached hydrogens (primary N) is 1. The van der Waals surface area contributed by atoms with Crippen LogP contribution in [0.25, 0.3) is 6.08 Å². The van der Waals surface area contributed by atoms with Crippen molar-refractivity contribution in [1.29, 1.82) is 0 Å². The Morgan fingerprint density at radius 3 is 2.59 bits per heavy atom. The molecule has 0 aromatic heterocycles. The molecule has 0 saturated heterocycles. The van der Waals surface area contributed by atoms with E-state index in [-0.39, 0.29) is 0 Å². The molecule has 2 aromatic rings. The third-order valence-electron chi connectivity index (χ3n) is 2.95. The summed E-state index contributed by atoms with van der Waals surface area (Å²) in [5.41, 5.74) is 6.95. The second kappa shape index (κ2) is 7.66. The predicted octanol–water partition coefficient (Wildman–Crippen LogP) is 3.54. The summed E-state index contributed by atoms with van der Waals surface area (Å²) >= 11 is 3.45. The monoisotopic (exact) mass is 361 g/mol. The number of hydrogen-bond donors (Lipinski definition) is 1. The Labute approximate surface area is 137 Å². The van der Waals surface area contributed by atoms with Crippen LogP contribution in [0, 0.1) is 0 Å². The summed E-state index contributed by atoms with van der Waals surface area (Å²) in [5, 5.41) is 0. The van der Waals surface area contributed by atoms with Gasteiger partial charge in [-0.15, -0.1) is 0 Å². The first kappa shape index (κ1) is 16.1. The number of halogens is 1. The van der Waals surface area contributed by atoms with Gasteiger partial charge in [0.1, 0.15) is 6.61 Å². The second-order valence-corrected chi connectivity index (χ2v) is 5.39. The van der Waals surface area contributed by atoms with Gasteiger partial charge in [-0.3, -0.25) is 4.79 Å². The van der Waals surface area contributed by atoms with Crippen molar-refractivity contribution < 1.29 is 14.3 Å². The molecular formula is C17H16BrNO3. The minimum atomic E-state index is -0.504. The van der Waals surface area contributed by atoms with E-state index in [1.807, 2.05) is 36.4 Å². The van der Waals surface area contributed by atoms with Gasteiger partial charge in [0, 0.05) is 10.5 Å². The second-order valence-electron chi connectivity index (χ2n) is 4.53. The number of amides is 1. The molecule has 2 N–H and O–H groups in total. The maximum Gasteiger partial charge on any atom is 0.241 e. The lowest BCUT2D eigenvalue weighted by Crippen LogP contribution is -2.05. The maximum atomic E-state index is 10.8. The van der Waals surface area contributed by atoms with E-state index in [4.69, 9.17) is 15.2 Å². The highest BCUT2D eigenvalue weighted by atomic mass is 79.9. The first-order chi connectivity index (χ1) is 10.6. The van der Waals surface area contributed by atoms with E-state index in [2.05, 4.69) is 15.9 Å². The zero-order chi connectivity index (χ0) is 15.9. The molecule has 0 heterocycles. The van der Waals surface area contributed by atoms with Gasteiger partial charge >= 0.3 is 0 Å². The van der Waals surface area contributed by atoms with E-state index in [0.717, 1.165) is 15.6 Å². The van der Waals surface area contributed by atoms with Crippen LogP contribution in [0.5, 0.6) is 11.5 Å². The van der Waals surface area contributed by atoms with Gasteiger partial charge in [0.15, 0.2) is 11.5 Å². The fourth-order valence-corrected chi connectivity index (χ4v) is 2.31. The third-order valence-corrected chi connectivity index (χ3v) is 3.63. The lowest BCUT2D eigenvalue weighted by atomic mass is 10.2. The smallest absolute Gasteiger partial charge is 0.241 e. The maximum absolute atomic E-state index is 10.8. The molecule has 4 nitrogen and oxygen atoms in total. The van der Waals surface area contributed by atoms with Crippen LogP contribution >= 0.6 is 15.9 Å². The fraction of sp³-hybridized carbons (Fsp3) is 0.118. The molecule has 2 rings (SSSR count). The van der Waals surface area contributed by atoms with Gasteiger partial charge in [0.05, 0.1) is 7.11 Å². The molecule has 22 heavy (non-hydrogen) atoms. The number of carbonyl (C=O) groups excluding carboxylic acids is 1. The van der Waals surface area contributed by atoms with Crippen molar-refractivity contribution in [3.05, 3.63) is 64.1 Å². The molecule has 0 fully saturated rings. The van der Waals surface area contributed by atoms with Gasteiger partial charge in [-0.1, -0.05) is 46.3 Å². The van der Waals surface area contributed by atoms with E-state index < -0.39 is 5.91 Å². The van der Waals surface area contributed by atoms with Crippen LogP contribution < -0.4 is 15.2 Å². The fourth-order valence-electron chi connectivity index (χ4n) is 1.86. The topological polar surface area (TPSA) is 61.5 Å². The van der Waals surface area contributed by atoms with Gasteiger partial charge in [-0.05, 0) is 29.3 Å². The zero-order valence-electron chi connectivity index (χ0n) is 12.1. The Hall–Kier alpha value is -2.27. The van der Waals surface area contributed by atoms with Crippen LogP contribution in [-0.4, -0.2) is 13.0 Å². The average molecular weight is 362 g/mol. The van der Waals surface area contributed by atoms with Crippen molar-refractivity contribution in [2.75, 3.05) is 7.11 Å². The van der Waals surface area contributed by atoms with Crippen molar-refractivity contribution in [3.63, 3.8) is 0 Å². The predicted molar refractivity (Wildman–Crippen MR) is 89.7 cm³/mol. The largest absolute Gasteiger partial charge is 0.493 e. The molecule has 5 heteroatoms. The van der Waals surface area contributed by atoms with Gasteiger partial charge in [0.2, 0.25) is 5.91 Å². The minimum absolute atomic E-state index is 0.445. The van der Waals surface area contributed by atoms with Crippen molar-refractivity contribution in [1.82, 2.24) is 0 Å². The summed E-state index contributed by atoms with van der Waals surface area (Å²) in [6.45, 7) is 0.445. The zero-order valence-corrected chi connectivity index (χ0v) is 13.7. The number of methoxy groups -OCH3 is 1. The molecule has 1 amide bonds. The Morgan fingerprint density at radius 1 is 1.23 bits per heavy atom. The van der Waals surface area contributed by atoms with Crippen LogP contribution in [0.1, 0.15) is 11.1 Å². The highest BCUT2D eigenvalue weighted by Gasteiger charge is 2.09. The highest BCUT2D eigenvalue weighted by molar-refractivity contribution is 9.10. The van der Waals surface area contributed by atoms with Gasteiger partial charge in [0.25, 0.3) is 0 Å². The molecule has 0 aliphatic carbocycles. The van der Waals surface area contributed by atoms with Crippen LogP contribution in [0.3, 0.4) is 0 Å². The van der Waals surface area contributed by atoms with Gasteiger partial charge < -0.3 is 15.2 Å². The molecule has 0 unspecified atom stereocenters. The number of carbonyl (C=O) groups is 1. The molecule has 0 aliphatic rings. The van der Waals surface area contributed by atoms with Crippen molar-refractivity contribution in [2.45, 2.75) is 6.61 Å². The standard InChI is InChI=1S/C17H16BrNO3/c1-21-15-9-13(7-8-17(19)20)14(18)10-16(15)22-11-12-5-3-2-4-6-12/h2-10H,11H2,1H3,(H2,19,20). The summed E-state index contributed by atoms with van der Waals surface area (Å²) in [6.07, 6.45) is 2.92. The molecule has 0 spiro atoms. The first-order valence-electron chi connectivity index (χ1n) is 6.62. The summed E-state index contributed by atoms with van der Waals surface area (Å²) in [7, 11) is 1.57. The SMILES string of the molecule is COc1cc(C=CC(N)=O)c(Br)cc1OCc1ccccc1. The molecule has 114 valence electrons. The summed E-state index contributed by atoms with van der Waals surface area (Å²) in [5.74, 6) is 0.702. The van der Waals surface area contributed by atoms with Gasteiger partial charge in [-0.25, -0.2) is 0 Å². The van der Waals surface area contributed by atoms with Crippen LogP contribution in [0.2, 0.25) is 0 Å². The average Bonchev–Trinajstić information content (AvgIpc) is 2.52. The van der Waals surface area contributed by atoms with E-state index in [1.54, 1.807) is 19.3 Å². The van der Waals surface area contributed by atoms with E-state index in [0.29, 0.717) is 18.1 Å². The molecule has 0 radical (unpaired) electrons.